The molecule has 106 valence electrons. The van der Waals surface area contributed by atoms with E-state index in [1.54, 1.807) is 11.1 Å². The molecule has 0 radical (unpaired) electrons. The fraction of sp³-hybridized carbons (Fsp3) is 0.111. The first kappa shape index (κ1) is 16.6. The fourth-order valence-electron chi connectivity index (χ4n) is 2.83. The normalized spacial score (nSPS) is 20.2. The summed E-state index contributed by atoms with van der Waals surface area (Å²) >= 11 is -0.508. The van der Waals surface area contributed by atoms with Crippen molar-refractivity contribution in [1.29, 1.82) is 0 Å². The Kier molecular flexibility index (Phi) is 5.49. The van der Waals surface area contributed by atoms with Crippen LogP contribution in [0, 0.1) is 0 Å². The van der Waals surface area contributed by atoms with Gasteiger partial charge < -0.3 is 24.8 Å². The molecule has 0 heterocycles. The molecular formula is C18H14Cl2W. The molecule has 2 aromatic carbocycles. The van der Waals surface area contributed by atoms with Gasteiger partial charge in [-0.3, -0.25) is 0 Å². The van der Waals surface area contributed by atoms with Gasteiger partial charge in [-0.05, 0) is 0 Å². The number of allylic oxidation sites excluding steroid dienone is 2. The van der Waals surface area contributed by atoms with Crippen molar-refractivity contribution in [3.05, 3.63) is 82.9 Å². The van der Waals surface area contributed by atoms with Gasteiger partial charge in [-0.2, -0.15) is 0 Å². The van der Waals surface area contributed by atoms with Crippen LogP contribution in [0.25, 0.3) is 12.2 Å². The monoisotopic (exact) mass is 484 g/mol. The summed E-state index contributed by atoms with van der Waals surface area (Å²) in [5, 5.41) is 0. The van der Waals surface area contributed by atoms with Crippen molar-refractivity contribution in [2.24, 2.45) is 0 Å². The van der Waals surface area contributed by atoms with Crippen LogP contribution in [0.1, 0.15) is 30.9 Å². The average Bonchev–Trinajstić information content (AvgIpc) is 3.05. The molecule has 0 nitrogen and oxygen atoms in total. The third kappa shape index (κ3) is 3.04. The summed E-state index contributed by atoms with van der Waals surface area (Å²) in [4.78, 5) is 0. The van der Waals surface area contributed by atoms with E-state index in [4.69, 9.17) is 0 Å². The molecule has 0 N–H and O–H groups in total. The molecule has 0 bridgehead atoms. The Hall–Kier alpha value is -0.812. The number of hydrogen-bond acceptors (Lipinski definition) is 0. The van der Waals surface area contributed by atoms with E-state index >= 15 is 0 Å². The second kappa shape index (κ2) is 6.97. The average molecular weight is 485 g/mol. The molecule has 0 saturated carbocycles. The van der Waals surface area contributed by atoms with Crippen LogP contribution < -0.4 is 24.8 Å². The van der Waals surface area contributed by atoms with E-state index in [0.29, 0.717) is 0 Å². The zero-order valence-corrected chi connectivity index (χ0v) is 15.7. The summed E-state index contributed by atoms with van der Waals surface area (Å²) in [6.07, 6.45) is 9.49. The van der Waals surface area contributed by atoms with Crippen molar-refractivity contribution >= 4 is 12.2 Å². The van der Waals surface area contributed by atoms with Crippen LogP contribution in [0.4, 0.5) is 0 Å². The van der Waals surface area contributed by atoms with E-state index in [0.717, 1.165) is 8.62 Å². The maximum Gasteiger partial charge on any atom is -1.00 e. The summed E-state index contributed by atoms with van der Waals surface area (Å²) in [6.45, 7) is 0. The Bertz CT molecular complexity index is 632. The number of halogens is 2. The standard InChI is InChI=1S/2C9H7.2ClH.W/c2*1-2-5-9-7-3-6-8(9)4-1;;;/h2*1-7H;2*1H;/q;;;;+2/p-2. The molecule has 3 heteroatoms. The summed E-state index contributed by atoms with van der Waals surface area (Å²) in [6, 6.07) is 17.7. The largest absolute Gasteiger partial charge is 1.00 e. The van der Waals surface area contributed by atoms with Gasteiger partial charge in [0.1, 0.15) is 0 Å². The summed E-state index contributed by atoms with van der Waals surface area (Å²) in [7, 11) is 0. The maximum absolute atomic E-state index is 2.43. The van der Waals surface area contributed by atoms with Crippen molar-refractivity contribution in [2.75, 3.05) is 0 Å². The topological polar surface area (TPSA) is 0 Å². The van der Waals surface area contributed by atoms with E-state index in [2.05, 4.69) is 72.8 Å². The van der Waals surface area contributed by atoms with Crippen molar-refractivity contribution in [3.63, 3.8) is 0 Å². The zero-order valence-electron chi connectivity index (χ0n) is 11.2. The first-order valence-electron chi connectivity index (χ1n) is 6.61. The van der Waals surface area contributed by atoms with Gasteiger partial charge in [0.15, 0.2) is 0 Å². The quantitative estimate of drug-likeness (QED) is 0.492. The van der Waals surface area contributed by atoms with Crippen LogP contribution in [0.2, 0.25) is 0 Å². The Labute approximate surface area is 146 Å². The summed E-state index contributed by atoms with van der Waals surface area (Å²) < 4.78 is 1.47. The molecular weight excluding hydrogens is 471 g/mol. The van der Waals surface area contributed by atoms with Gasteiger partial charge in [0.2, 0.25) is 0 Å². The molecule has 0 saturated heterocycles. The Morgan fingerprint density at radius 3 is 1.52 bits per heavy atom. The Morgan fingerprint density at radius 2 is 1.05 bits per heavy atom. The Morgan fingerprint density at radius 1 is 0.619 bits per heavy atom. The van der Waals surface area contributed by atoms with Gasteiger partial charge in [-0.1, -0.05) is 0 Å². The van der Waals surface area contributed by atoms with Gasteiger partial charge in [-0.25, -0.2) is 0 Å². The van der Waals surface area contributed by atoms with E-state index in [1.807, 2.05) is 0 Å². The molecule has 2 unspecified atom stereocenters. The van der Waals surface area contributed by atoms with Gasteiger partial charge in [0.05, 0.1) is 0 Å². The summed E-state index contributed by atoms with van der Waals surface area (Å²) in [5.74, 6) is 0. The Balaban J connectivity index is 0.000000807. The first-order chi connectivity index (χ1) is 9.42. The van der Waals surface area contributed by atoms with Crippen molar-refractivity contribution in [3.8, 4) is 0 Å². The third-order valence-electron chi connectivity index (χ3n) is 3.80. The predicted octanol–water partition coefficient (Wildman–Crippen LogP) is -1.39. The van der Waals surface area contributed by atoms with Crippen LogP contribution in [-0.2, 0) is 18.6 Å². The van der Waals surface area contributed by atoms with Crippen LogP contribution in [-0.4, -0.2) is 0 Å². The van der Waals surface area contributed by atoms with Crippen LogP contribution >= 0.6 is 0 Å². The molecule has 2 aliphatic carbocycles. The number of fused-ring (bicyclic) bond motifs is 2. The molecule has 2 aliphatic rings. The van der Waals surface area contributed by atoms with Crippen LogP contribution in [0.15, 0.2) is 60.7 Å². The molecule has 0 spiro atoms. The number of rotatable bonds is 2. The molecule has 0 aliphatic heterocycles. The number of benzene rings is 2. The minimum Gasteiger partial charge on any atom is -1.00 e. The van der Waals surface area contributed by atoms with Gasteiger partial charge in [-0.15, -0.1) is 0 Å². The van der Waals surface area contributed by atoms with E-state index < -0.39 is 18.6 Å². The van der Waals surface area contributed by atoms with E-state index in [1.165, 1.54) is 11.1 Å². The predicted molar refractivity (Wildman–Crippen MR) is 76.4 cm³/mol. The smallest absolute Gasteiger partial charge is 1.00 e. The van der Waals surface area contributed by atoms with Crippen molar-refractivity contribution in [2.45, 2.75) is 8.62 Å². The minimum absolute atomic E-state index is 0. The molecule has 2 aromatic rings. The minimum atomic E-state index is -0.508. The number of hydrogen-bond donors (Lipinski definition) is 0. The SMILES string of the molecule is C1=C[CH]([W+2][CH]2C=Cc3ccccc32)c2ccccc21.[Cl-].[Cl-]. The maximum atomic E-state index is 2.43. The first-order valence-corrected chi connectivity index (χ1v) is 10.0. The van der Waals surface area contributed by atoms with Crippen molar-refractivity contribution < 1.29 is 43.4 Å². The second-order valence-electron chi connectivity index (χ2n) is 4.95. The third-order valence-corrected chi connectivity index (χ3v) is 8.86. The molecule has 21 heavy (non-hydrogen) atoms. The van der Waals surface area contributed by atoms with E-state index in [-0.39, 0.29) is 24.8 Å². The second-order valence-corrected chi connectivity index (χ2v) is 9.58. The van der Waals surface area contributed by atoms with Crippen molar-refractivity contribution in [1.82, 2.24) is 0 Å². The molecule has 0 amide bonds. The molecule has 0 fully saturated rings. The zero-order chi connectivity index (χ0) is 12.7. The van der Waals surface area contributed by atoms with Crippen LogP contribution in [0.3, 0.4) is 0 Å². The van der Waals surface area contributed by atoms with Crippen LogP contribution in [0.5, 0.6) is 0 Å². The van der Waals surface area contributed by atoms with Gasteiger partial charge in [0.25, 0.3) is 0 Å². The molecule has 2 atom stereocenters. The van der Waals surface area contributed by atoms with E-state index in [9.17, 15) is 0 Å². The molecule has 0 aromatic heterocycles. The fourth-order valence-corrected chi connectivity index (χ4v) is 7.78. The summed E-state index contributed by atoms with van der Waals surface area (Å²) in [5.41, 5.74) is 5.99. The molecule has 4 rings (SSSR count). The van der Waals surface area contributed by atoms with Gasteiger partial charge in [0, 0.05) is 0 Å². The van der Waals surface area contributed by atoms with Gasteiger partial charge >= 0.3 is 122 Å².